The van der Waals surface area contributed by atoms with E-state index in [0.717, 1.165) is 30.7 Å². The van der Waals surface area contributed by atoms with E-state index in [1.54, 1.807) is 0 Å². The minimum Gasteiger partial charge on any atom is -0.328 e. The maximum Gasteiger partial charge on any atom is 0.109 e. The van der Waals surface area contributed by atoms with Gasteiger partial charge in [0.05, 0.1) is 17.1 Å². The molecule has 1 aromatic heterocycles. The van der Waals surface area contributed by atoms with E-state index in [9.17, 15) is 0 Å². The Labute approximate surface area is 95.3 Å². The molecule has 0 aliphatic carbocycles. The fourth-order valence-corrected chi connectivity index (χ4v) is 1.99. The highest BCUT2D eigenvalue weighted by Gasteiger charge is 2.07. The van der Waals surface area contributed by atoms with Crippen LogP contribution in [-0.2, 0) is 13.0 Å². The predicted molar refractivity (Wildman–Crippen MR) is 64.0 cm³/mol. The normalized spacial score (nSPS) is 10.5. The number of para-hydroxylation sites is 2. The summed E-state index contributed by atoms with van der Waals surface area (Å²) in [7, 11) is 0. The van der Waals surface area contributed by atoms with E-state index in [0.29, 0.717) is 6.42 Å². The average Bonchev–Trinajstić information content (AvgIpc) is 2.67. The van der Waals surface area contributed by atoms with Crippen molar-refractivity contribution in [1.82, 2.24) is 9.55 Å². The molecule has 0 aliphatic rings. The molecule has 2 rings (SSSR count). The Morgan fingerprint density at radius 3 is 2.94 bits per heavy atom. The van der Waals surface area contributed by atoms with Gasteiger partial charge in [0.1, 0.15) is 5.82 Å². The monoisotopic (exact) mass is 213 g/mol. The van der Waals surface area contributed by atoms with Crippen molar-refractivity contribution in [2.45, 2.75) is 32.7 Å². The number of benzene rings is 1. The highest BCUT2D eigenvalue weighted by molar-refractivity contribution is 5.75. The Bertz CT molecular complexity index is 519. The van der Waals surface area contributed by atoms with E-state index in [1.165, 1.54) is 5.52 Å². The van der Waals surface area contributed by atoms with Gasteiger partial charge in [-0.2, -0.15) is 5.26 Å². The minimum absolute atomic E-state index is 0.604. The zero-order chi connectivity index (χ0) is 11.4. The molecular weight excluding hydrogens is 198 g/mol. The van der Waals surface area contributed by atoms with Gasteiger partial charge in [-0.1, -0.05) is 12.1 Å². The van der Waals surface area contributed by atoms with Gasteiger partial charge in [-0.3, -0.25) is 0 Å². The molecule has 2 aromatic rings. The summed E-state index contributed by atoms with van der Waals surface area (Å²) >= 11 is 0. The Morgan fingerprint density at radius 1 is 1.38 bits per heavy atom. The first kappa shape index (κ1) is 10.7. The average molecular weight is 213 g/mol. The Kier molecular flexibility index (Phi) is 3.21. The highest BCUT2D eigenvalue weighted by Crippen LogP contribution is 2.17. The van der Waals surface area contributed by atoms with Crippen LogP contribution in [0.25, 0.3) is 11.0 Å². The number of aromatic nitrogens is 2. The van der Waals surface area contributed by atoms with Crippen molar-refractivity contribution in [2.75, 3.05) is 0 Å². The Morgan fingerprint density at radius 2 is 2.19 bits per heavy atom. The molecule has 0 fully saturated rings. The number of fused-ring (bicyclic) bond motifs is 1. The zero-order valence-electron chi connectivity index (χ0n) is 9.48. The van der Waals surface area contributed by atoms with Crippen molar-refractivity contribution >= 4 is 11.0 Å². The molecule has 0 spiro atoms. The van der Waals surface area contributed by atoms with Crippen LogP contribution < -0.4 is 0 Å². The van der Waals surface area contributed by atoms with Crippen LogP contribution in [0, 0.1) is 11.3 Å². The molecule has 0 N–H and O–H groups in total. The Hall–Kier alpha value is -1.82. The van der Waals surface area contributed by atoms with Gasteiger partial charge in [0.2, 0.25) is 0 Å². The van der Waals surface area contributed by atoms with Gasteiger partial charge in [-0.25, -0.2) is 4.98 Å². The van der Waals surface area contributed by atoms with Crippen LogP contribution in [0.1, 0.15) is 25.6 Å². The summed E-state index contributed by atoms with van der Waals surface area (Å²) in [4.78, 5) is 4.61. The lowest BCUT2D eigenvalue weighted by atomic mass is 10.2. The third kappa shape index (κ3) is 1.92. The first-order valence-electron chi connectivity index (χ1n) is 5.68. The fourth-order valence-electron chi connectivity index (χ4n) is 1.99. The van der Waals surface area contributed by atoms with Crippen molar-refractivity contribution in [1.29, 1.82) is 5.26 Å². The molecule has 0 radical (unpaired) electrons. The van der Waals surface area contributed by atoms with Gasteiger partial charge in [0.25, 0.3) is 0 Å². The van der Waals surface area contributed by atoms with Gasteiger partial charge in [-0.05, 0) is 25.5 Å². The Balaban J connectivity index is 2.33. The van der Waals surface area contributed by atoms with Crippen molar-refractivity contribution in [2.24, 2.45) is 0 Å². The second kappa shape index (κ2) is 4.80. The largest absolute Gasteiger partial charge is 0.328 e. The van der Waals surface area contributed by atoms with Crippen LogP contribution in [-0.4, -0.2) is 9.55 Å². The third-order valence-electron chi connectivity index (χ3n) is 2.74. The smallest absolute Gasteiger partial charge is 0.109 e. The lowest BCUT2D eigenvalue weighted by Crippen LogP contribution is -2.01. The quantitative estimate of drug-likeness (QED) is 0.733. The minimum atomic E-state index is 0.604. The van der Waals surface area contributed by atoms with E-state index < -0.39 is 0 Å². The maximum absolute atomic E-state index is 8.53. The lowest BCUT2D eigenvalue weighted by molar-refractivity contribution is 0.688. The molecule has 0 saturated heterocycles. The molecule has 16 heavy (non-hydrogen) atoms. The number of rotatable bonds is 4. The first-order valence-corrected chi connectivity index (χ1v) is 5.68. The number of hydrogen-bond acceptors (Lipinski definition) is 2. The second-order valence-electron chi connectivity index (χ2n) is 3.77. The van der Waals surface area contributed by atoms with Crippen LogP contribution in [0.5, 0.6) is 0 Å². The van der Waals surface area contributed by atoms with Gasteiger partial charge in [0, 0.05) is 19.4 Å². The second-order valence-corrected chi connectivity index (χ2v) is 3.77. The molecule has 0 bridgehead atoms. The number of nitrogens with zero attached hydrogens (tertiary/aromatic N) is 3. The van der Waals surface area contributed by atoms with Gasteiger partial charge in [0.15, 0.2) is 0 Å². The number of hydrogen-bond donors (Lipinski definition) is 0. The van der Waals surface area contributed by atoms with Crippen molar-refractivity contribution in [3.05, 3.63) is 30.1 Å². The van der Waals surface area contributed by atoms with E-state index in [4.69, 9.17) is 5.26 Å². The molecule has 3 nitrogen and oxygen atoms in total. The third-order valence-corrected chi connectivity index (χ3v) is 2.74. The van der Waals surface area contributed by atoms with E-state index in [2.05, 4.69) is 28.6 Å². The number of aryl methyl sites for hydroxylation is 2. The van der Waals surface area contributed by atoms with Crippen LogP contribution >= 0.6 is 0 Å². The summed E-state index contributed by atoms with van der Waals surface area (Å²) in [6.45, 7) is 3.06. The molecule has 82 valence electrons. The summed E-state index contributed by atoms with van der Waals surface area (Å²) in [5.74, 6) is 1.10. The number of nitriles is 1. The molecule has 0 amide bonds. The van der Waals surface area contributed by atoms with Crippen molar-refractivity contribution < 1.29 is 0 Å². The molecular formula is C13H15N3. The summed E-state index contributed by atoms with van der Waals surface area (Å²) in [6, 6.07) is 10.4. The van der Waals surface area contributed by atoms with Gasteiger partial charge in [-0.15, -0.1) is 0 Å². The highest BCUT2D eigenvalue weighted by atomic mass is 15.1. The van der Waals surface area contributed by atoms with Crippen molar-refractivity contribution in [3.8, 4) is 6.07 Å². The van der Waals surface area contributed by atoms with E-state index >= 15 is 0 Å². The molecule has 0 atom stereocenters. The predicted octanol–water partition coefficient (Wildman–Crippen LogP) is 2.90. The lowest BCUT2D eigenvalue weighted by Gasteiger charge is -2.04. The van der Waals surface area contributed by atoms with Crippen LogP contribution in [0.4, 0.5) is 0 Å². The van der Waals surface area contributed by atoms with Gasteiger partial charge >= 0.3 is 0 Å². The molecule has 0 aliphatic heterocycles. The molecule has 1 heterocycles. The van der Waals surface area contributed by atoms with Crippen molar-refractivity contribution in [3.63, 3.8) is 0 Å². The van der Waals surface area contributed by atoms with Crippen LogP contribution in [0.3, 0.4) is 0 Å². The summed E-state index contributed by atoms with van der Waals surface area (Å²) in [6.07, 6.45) is 2.38. The molecule has 3 heteroatoms. The summed E-state index contributed by atoms with van der Waals surface area (Å²) in [5.41, 5.74) is 2.24. The maximum atomic E-state index is 8.53. The standard InChI is InChI=1S/C13H15N3/c1-2-16-12-8-4-3-7-11(12)15-13(16)9-5-6-10-14/h3-4,7-8H,2,5-6,9H2,1H3. The van der Waals surface area contributed by atoms with E-state index in [1.807, 2.05) is 18.2 Å². The SMILES string of the molecule is CCn1c(CCCC#N)nc2ccccc21. The number of unbranched alkanes of at least 4 members (excludes halogenated alkanes) is 1. The van der Waals surface area contributed by atoms with Crippen LogP contribution in [0.2, 0.25) is 0 Å². The summed E-state index contributed by atoms with van der Waals surface area (Å²) in [5, 5.41) is 8.53. The topological polar surface area (TPSA) is 41.6 Å². The van der Waals surface area contributed by atoms with Gasteiger partial charge < -0.3 is 4.57 Å². The molecule has 0 unspecified atom stereocenters. The summed E-state index contributed by atoms with van der Waals surface area (Å²) < 4.78 is 2.23. The van der Waals surface area contributed by atoms with E-state index in [-0.39, 0.29) is 0 Å². The molecule has 0 saturated carbocycles. The first-order chi connectivity index (χ1) is 7.86. The van der Waals surface area contributed by atoms with Crippen LogP contribution in [0.15, 0.2) is 24.3 Å². The molecule has 1 aromatic carbocycles. The number of imidazole rings is 1. The fraction of sp³-hybridized carbons (Fsp3) is 0.385. The zero-order valence-corrected chi connectivity index (χ0v) is 9.48.